The van der Waals surface area contributed by atoms with Crippen LogP contribution in [0.15, 0.2) is 0 Å². The summed E-state index contributed by atoms with van der Waals surface area (Å²) in [6.07, 6.45) is -0.679. The van der Waals surface area contributed by atoms with Crippen LogP contribution in [0.2, 0.25) is 0 Å². The summed E-state index contributed by atoms with van der Waals surface area (Å²) in [7, 11) is 1.30. The molecule has 1 fully saturated rings. The Hall–Kier alpha value is -1.30. The summed E-state index contributed by atoms with van der Waals surface area (Å²) >= 11 is 0. The summed E-state index contributed by atoms with van der Waals surface area (Å²) in [4.78, 5) is 24.6. The summed E-state index contributed by atoms with van der Waals surface area (Å²) in [6, 6.07) is -0.359. The number of ether oxygens (including phenoxy) is 2. The van der Waals surface area contributed by atoms with Gasteiger partial charge in [-0.3, -0.25) is 4.79 Å². The number of aliphatic hydroxyl groups is 1. The third-order valence-corrected chi connectivity index (χ3v) is 2.65. The molecular formula is C12H21NO5. The smallest absolute Gasteiger partial charge is 0.410 e. The number of amides is 1. The predicted octanol–water partition coefficient (Wildman–Crippen LogP) is 0.920. The van der Waals surface area contributed by atoms with Crippen LogP contribution < -0.4 is 0 Å². The van der Waals surface area contributed by atoms with E-state index >= 15 is 0 Å². The lowest BCUT2D eigenvalue weighted by molar-refractivity contribution is -0.141. The molecule has 1 aliphatic heterocycles. The highest BCUT2D eigenvalue weighted by atomic mass is 16.6. The Balaban J connectivity index is 2.66. The van der Waals surface area contributed by atoms with Crippen molar-refractivity contribution in [2.24, 2.45) is 0 Å². The topological polar surface area (TPSA) is 76.1 Å². The molecule has 6 heteroatoms. The van der Waals surface area contributed by atoms with Gasteiger partial charge in [0.1, 0.15) is 5.60 Å². The molecule has 1 N–H and O–H groups in total. The van der Waals surface area contributed by atoms with Crippen LogP contribution in [-0.2, 0) is 14.3 Å². The van der Waals surface area contributed by atoms with Gasteiger partial charge in [0.05, 0.1) is 26.2 Å². The number of methoxy groups -OCH3 is 1. The van der Waals surface area contributed by atoms with Crippen molar-refractivity contribution in [3.8, 4) is 0 Å². The van der Waals surface area contributed by atoms with Crippen LogP contribution in [0.25, 0.3) is 0 Å². The predicted molar refractivity (Wildman–Crippen MR) is 64.0 cm³/mol. The third-order valence-electron chi connectivity index (χ3n) is 2.65. The van der Waals surface area contributed by atoms with E-state index in [0.29, 0.717) is 6.42 Å². The Labute approximate surface area is 107 Å². The van der Waals surface area contributed by atoms with Gasteiger partial charge in [-0.05, 0) is 27.2 Å². The van der Waals surface area contributed by atoms with Crippen molar-refractivity contribution in [2.45, 2.75) is 51.4 Å². The van der Waals surface area contributed by atoms with Crippen LogP contribution in [0.1, 0.15) is 33.6 Å². The second-order valence-electron chi connectivity index (χ2n) is 5.46. The molecule has 1 aliphatic rings. The maximum Gasteiger partial charge on any atom is 0.410 e. The molecule has 0 aliphatic carbocycles. The molecule has 0 spiro atoms. The zero-order valence-electron chi connectivity index (χ0n) is 11.3. The summed E-state index contributed by atoms with van der Waals surface area (Å²) in [5.74, 6) is -0.400. The fourth-order valence-electron chi connectivity index (χ4n) is 1.91. The quantitative estimate of drug-likeness (QED) is 0.746. The van der Waals surface area contributed by atoms with E-state index in [1.807, 2.05) is 0 Å². The molecule has 1 amide bonds. The van der Waals surface area contributed by atoms with Crippen LogP contribution in [0, 0.1) is 0 Å². The van der Waals surface area contributed by atoms with E-state index in [1.165, 1.54) is 12.0 Å². The van der Waals surface area contributed by atoms with E-state index in [1.54, 1.807) is 20.8 Å². The van der Waals surface area contributed by atoms with Gasteiger partial charge in [0.15, 0.2) is 0 Å². The van der Waals surface area contributed by atoms with Gasteiger partial charge in [-0.15, -0.1) is 0 Å². The zero-order chi connectivity index (χ0) is 13.9. The lowest BCUT2D eigenvalue weighted by Gasteiger charge is -2.27. The molecule has 1 heterocycles. The van der Waals surface area contributed by atoms with Crippen molar-refractivity contribution in [1.29, 1.82) is 0 Å². The summed E-state index contributed by atoms with van der Waals surface area (Å²) in [5, 5.41) is 9.60. The van der Waals surface area contributed by atoms with E-state index in [2.05, 4.69) is 4.74 Å². The van der Waals surface area contributed by atoms with Crippen LogP contribution in [-0.4, -0.2) is 53.5 Å². The van der Waals surface area contributed by atoms with Gasteiger partial charge in [-0.25, -0.2) is 4.79 Å². The van der Waals surface area contributed by atoms with Crippen LogP contribution in [0.5, 0.6) is 0 Å². The number of aliphatic hydroxyl groups excluding tert-OH is 1. The molecule has 1 rings (SSSR count). The van der Waals surface area contributed by atoms with E-state index in [0.717, 1.165) is 0 Å². The Morgan fingerprint density at radius 1 is 1.39 bits per heavy atom. The van der Waals surface area contributed by atoms with Gasteiger partial charge in [-0.2, -0.15) is 0 Å². The highest BCUT2D eigenvalue weighted by molar-refractivity contribution is 5.73. The Morgan fingerprint density at radius 3 is 2.50 bits per heavy atom. The van der Waals surface area contributed by atoms with Crippen molar-refractivity contribution in [1.82, 2.24) is 4.90 Å². The minimum Gasteiger partial charge on any atom is -0.469 e. The fraction of sp³-hybridized carbons (Fsp3) is 0.833. The second-order valence-corrected chi connectivity index (χ2v) is 5.46. The van der Waals surface area contributed by atoms with Gasteiger partial charge < -0.3 is 19.5 Å². The normalized spacial score (nSPS) is 23.9. The van der Waals surface area contributed by atoms with Crippen molar-refractivity contribution in [3.05, 3.63) is 0 Å². The van der Waals surface area contributed by atoms with Crippen molar-refractivity contribution in [2.75, 3.05) is 13.7 Å². The van der Waals surface area contributed by atoms with Crippen LogP contribution in [0.3, 0.4) is 0 Å². The largest absolute Gasteiger partial charge is 0.469 e. The van der Waals surface area contributed by atoms with Gasteiger partial charge in [0, 0.05) is 6.04 Å². The first-order chi connectivity index (χ1) is 8.23. The SMILES string of the molecule is COC(=O)C[C@@H]1C[C@H](O)CN1C(=O)OC(C)(C)C. The monoisotopic (exact) mass is 259 g/mol. The Morgan fingerprint density at radius 2 is 2.00 bits per heavy atom. The average Bonchev–Trinajstić information content (AvgIpc) is 2.56. The summed E-state index contributed by atoms with van der Waals surface area (Å²) in [6.45, 7) is 5.50. The minimum absolute atomic E-state index is 0.0762. The molecule has 0 saturated carbocycles. The lowest BCUT2D eigenvalue weighted by atomic mass is 10.1. The number of carbonyl (C=O) groups excluding carboxylic acids is 2. The second kappa shape index (κ2) is 5.56. The molecule has 0 unspecified atom stereocenters. The number of hydrogen-bond acceptors (Lipinski definition) is 5. The maximum absolute atomic E-state index is 11.9. The molecule has 6 nitrogen and oxygen atoms in total. The summed E-state index contributed by atoms with van der Waals surface area (Å²) in [5.41, 5.74) is -0.597. The maximum atomic E-state index is 11.9. The van der Waals surface area contributed by atoms with E-state index < -0.39 is 23.8 Å². The fourth-order valence-corrected chi connectivity index (χ4v) is 1.91. The Kier molecular flexibility index (Phi) is 4.56. The van der Waals surface area contributed by atoms with E-state index in [9.17, 15) is 14.7 Å². The molecule has 18 heavy (non-hydrogen) atoms. The van der Waals surface area contributed by atoms with Gasteiger partial charge in [-0.1, -0.05) is 0 Å². The number of likely N-dealkylation sites (tertiary alicyclic amines) is 1. The highest BCUT2D eigenvalue weighted by Gasteiger charge is 2.37. The minimum atomic E-state index is -0.618. The lowest BCUT2D eigenvalue weighted by Crippen LogP contribution is -2.41. The Bertz CT molecular complexity index is 323. The molecular weight excluding hydrogens is 238 g/mol. The first-order valence-corrected chi connectivity index (χ1v) is 5.97. The van der Waals surface area contributed by atoms with Gasteiger partial charge in [0.2, 0.25) is 0 Å². The first kappa shape index (κ1) is 14.8. The van der Waals surface area contributed by atoms with Crippen molar-refractivity contribution >= 4 is 12.1 Å². The molecule has 1 saturated heterocycles. The first-order valence-electron chi connectivity index (χ1n) is 5.97. The third kappa shape index (κ3) is 4.18. The molecule has 2 atom stereocenters. The number of esters is 1. The van der Waals surface area contributed by atoms with Crippen LogP contribution in [0.4, 0.5) is 4.79 Å². The van der Waals surface area contributed by atoms with Gasteiger partial charge in [0.25, 0.3) is 0 Å². The molecule has 0 aromatic heterocycles. The zero-order valence-corrected chi connectivity index (χ0v) is 11.3. The standard InChI is InChI=1S/C12H21NO5/c1-12(2,3)18-11(16)13-7-9(14)5-8(13)6-10(15)17-4/h8-9,14H,5-7H2,1-4H3/t8-,9-/m0/s1. The molecule has 0 radical (unpaired) electrons. The summed E-state index contributed by atoms with van der Waals surface area (Å²) < 4.78 is 9.82. The molecule has 0 bridgehead atoms. The number of nitrogens with zero attached hydrogens (tertiary/aromatic N) is 1. The number of β-amino-alcohol motifs (C(OH)–C–C–N with tert-alkyl or cyclic N) is 1. The molecule has 0 aromatic rings. The molecule has 104 valence electrons. The number of rotatable bonds is 2. The van der Waals surface area contributed by atoms with Crippen molar-refractivity contribution in [3.63, 3.8) is 0 Å². The van der Waals surface area contributed by atoms with Crippen molar-refractivity contribution < 1.29 is 24.2 Å². The van der Waals surface area contributed by atoms with E-state index in [-0.39, 0.29) is 19.0 Å². The number of carbonyl (C=O) groups is 2. The number of hydrogen-bond donors (Lipinski definition) is 1. The average molecular weight is 259 g/mol. The van der Waals surface area contributed by atoms with Crippen LogP contribution >= 0.6 is 0 Å². The van der Waals surface area contributed by atoms with Gasteiger partial charge >= 0.3 is 12.1 Å². The molecule has 0 aromatic carbocycles. The highest BCUT2D eigenvalue weighted by Crippen LogP contribution is 2.23. The van der Waals surface area contributed by atoms with E-state index in [4.69, 9.17) is 4.74 Å².